The summed E-state index contributed by atoms with van der Waals surface area (Å²) >= 11 is 0. The largest absolute Gasteiger partial charge is 0.379 e. The Kier molecular flexibility index (Phi) is 6.63. The number of benzene rings is 3. The summed E-state index contributed by atoms with van der Waals surface area (Å²) in [5.41, 5.74) is 1.26. The zero-order valence-corrected chi connectivity index (χ0v) is 16.7. The Labute approximate surface area is 175 Å². The molecule has 0 aromatic heterocycles. The molecule has 0 aliphatic rings. The Morgan fingerprint density at radius 3 is 2.30 bits per heavy atom. The molecule has 1 amide bonds. The van der Waals surface area contributed by atoms with Gasteiger partial charge in [-0.2, -0.15) is 13.7 Å². The number of nitrogens with zero attached hydrogens (tertiary/aromatic N) is 1. The summed E-state index contributed by atoms with van der Waals surface area (Å²) in [6.45, 7) is 0.289. The molecule has 0 atom stereocenters. The molecule has 3 rings (SSSR count). The third-order valence-corrected chi connectivity index (χ3v) is 5.33. The number of amides is 1. The zero-order chi connectivity index (χ0) is 21.4. The van der Waals surface area contributed by atoms with Gasteiger partial charge in [0.25, 0.3) is 5.91 Å². The third kappa shape index (κ3) is 5.56. The minimum Gasteiger partial charge on any atom is -0.379 e. The molecule has 0 aliphatic carbocycles. The van der Waals surface area contributed by atoms with Gasteiger partial charge < -0.3 is 9.50 Å². The molecular weight excluding hydrogens is 400 g/mol. The number of rotatable bonds is 7. The minimum absolute atomic E-state index is 0.0314. The average Bonchev–Trinajstić information content (AvgIpc) is 2.77. The van der Waals surface area contributed by atoms with E-state index in [1.54, 1.807) is 30.3 Å². The zero-order valence-electron chi connectivity index (χ0n) is 15.9. The van der Waals surface area contributed by atoms with Crippen molar-refractivity contribution in [3.63, 3.8) is 0 Å². The van der Waals surface area contributed by atoms with Gasteiger partial charge in [0.2, 0.25) is 0 Å². The molecule has 0 bridgehead atoms. The molecule has 7 heteroatoms. The number of carbonyl (C=O) groups excluding carboxylic acids is 1. The molecule has 0 fully saturated rings. The minimum atomic E-state index is -3.98. The Morgan fingerprint density at radius 2 is 1.63 bits per heavy atom. The van der Waals surface area contributed by atoms with Gasteiger partial charge in [0.1, 0.15) is 22.3 Å². The highest BCUT2D eigenvalue weighted by Gasteiger charge is 2.16. The summed E-state index contributed by atoms with van der Waals surface area (Å²) < 4.78 is 29.9. The Bertz CT molecular complexity index is 1200. The Morgan fingerprint density at radius 1 is 0.967 bits per heavy atom. The van der Waals surface area contributed by atoms with E-state index in [4.69, 9.17) is 4.18 Å². The van der Waals surface area contributed by atoms with Crippen molar-refractivity contribution in [2.45, 2.75) is 11.4 Å². The molecule has 3 aromatic carbocycles. The molecule has 0 saturated heterocycles. The first-order valence-electron chi connectivity index (χ1n) is 9.01. The summed E-state index contributed by atoms with van der Waals surface area (Å²) in [7, 11) is -3.98. The fourth-order valence-corrected chi connectivity index (χ4v) is 3.55. The maximum atomic E-state index is 12.4. The first-order chi connectivity index (χ1) is 14.5. The smallest absolute Gasteiger partial charge is 0.339 e. The quantitative estimate of drug-likeness (QED) is 0.359. The van der Waals surface area contributed by atoms with Gasteiger partial charge in [-0.3, -0.25) is 4.79 Å². The van der Waals surface area contributed by atoms with Crippen molar-refractivity contribution >= 4 is 22.1 Å². The van der Waals surface area contributed by atoms with Crippen LogP contribution >= 0.6 is 0 Å². The monoisotopic (exact) mass is 418 g/mol. The lowest BCUT2D eigenvalue weighted by molar-refractivity contribution is -0.117. The van der Waals surface area contributed by atoms with Gasteiger partial charge >= 0.3 is 10.1 Å². The Balaban J connectivity index is 1.74. The van der Waals surface area contributed by atoms with Gasteiger partial charge in [0, 0.05) is 6.54 Å². The first-order valence-corrected chi connectivity index (χ1v) is 10.4. The van der Waals surface area contributed by atoms with Crippen molar-refractivity contribution in [3.05, 3.63) is 102 Å². The van der Waals surface area contributed by atoms with Crippen LogP contribution in [0.2, 0.25) is 0 Å². The maximum absolute atomic E-state index is 12.4. The van der Waals surface area contributed by atoms with Crippen molar-refractivity contribution in [2.75, 3.05) is 0 Å². The van der Waals surface area contributed by atoms with Crippen molar-refractivity contribution in [1.82, 2.24) is 5.32 Å². The van der Waals surface area contributed by atoms with Crippen molar-refractivity contribution in [3.8, 4) is 11.8 Å². The van der Waals surface area contributed by atoms with E-state index in [1.165, 1.54) is 30.3 Å². The normalized spacial score (nSPS) is 11.4. The second-order valence-electron chi connectivity index (χ2n) is 6.26. The van der Waals surface area contributed by atoms with Crippen LogP contribution in [0.5, 0.6) is 5.75 Å². The highest BCUT2D eigenvalue weighted by atomic mass is 32.2. The molecule has 6 nitrogen and oxygen atoms in total. The Hall–Kier alpha value is -3.89. The van der Waals surface area contributed by atoms with Crippen molar-refractivity contribution in [2.24, 2.45) is 0 Å². The van der Waals surface area contributed by atoms with Crippen molar-refractivity contribution in [1.29, 1.82) is 5.26 Å². The summed E-state index contributed by atoms with van der Waals surface area (Å²) in [4.78, 5) is 12.4. The highest BCUT2D eigenvalue weighted by Crippen LogP contribution is 2.21. The average molecular weight is 418 g/mol. The summed E-state index contributed by atoms with van der Waals surface area (Å²) in [5, 5.41) is 12.0. The van der Waals surface area contributed by atoms with Crippen LogP contribution in [0.25, 0.3) is 6.08 Å². The van der Waals surface area contributed by atoms with E-state index in [0.717, 1.165) is 5.56 Å². The lowest BCUT2D eigenvalue weighted by Gasteiger charge is -2.08. The summed E-state index contributed by atoms with van der Waals surface area (Å²) in [6, 6.07) is 25.1. The predicted octanol–water partition coefficient (Wildman–Crippen LogP) is 3.68. The van der Waals surface area contributed by atoms with Crippen LogP contribution < -0.4 is 9.50 Å². The summed E-state index contributed by atoms with van der Waals surface area (Å²) in [5.74, 6) is -0.445. The highest BCUT2D eigenvalue weighted by molar-refractivity contribution is 7.87. The van der Waals surface area contributed by atoms with E-state index in [9.17, 15) is 18.5 Å². The van der Waals surface area contributed by atoms with E-state index in [-0.39, 0.29) is 22.8 Å². The lowest BCUT2D eigenvalue weighted by atomic mass is 10.1. The molecule has 0 spiro atoms. The van der Waals surface area contributed by atoms with Gasteiger partial charge in [-0.15, -0.1) is 0 Å². The molecular formula is C23H18N2O4S. The molecule has 0 aliphatic heterocycles. The van der Waals surface area contributed by atoms with Gasteiger partial charge in [-0.25, -0.2) is 0 Å². The van der Waals surface area contributed by atoms with E-state index in [2.05, 4.69) is 5.32 Å². The topological polar surface area (TPSA) is 96.3 Å². The van der Waals surface area contributed by atoms with Crippen LogP contribution in [0.4, 0.5) is 0 Å². The van der Waals surface area contributed by atoms with Gasteiger partial charge in [0.15, 0.2) is 0 Å². The standard InChI is InChI=1S/C23H18N2O4S/c24-16-20(23(26)25-17-18-8-3-1-4-9-18)14-19-10-7-11-21(15-19)29-30(27,28)22-12-5-2-6-13-22/h1-15H,17H2,(H,25,26)/b20-14-. The number of carbonyl (C=O) groups is 1. The molecule has 0 saturated carbocycles. The molecule has 1 N–H and O–H groups in total. The van der Waals surface area contributed by atoms with Crippen molar-refractivity contribution < 1.29 is 17.4 Å². The predicted molar refractivity (Wildman–Crippen MR) is 113 cm³/mol. The second kappa shape index (κ2) is 9.54. The molecule has 0 radical (unpaired) electrons. The molecule has 3 aromatic rings. The molecule has 150 valence electrons. The van der Waals surface area contributed by atoms with Crippen LogP contribution in [0.1, 0.15) is 11.1 Å². The van der Waals surface area contributed by atoms with Gasteiger partial charge in [-0.05, 0) is 41.5 Å². The number of hydrogen-bond donors (Lipinski definition) is 1. The second-order valence-corrected chi connectivity index (χ2v) is 7.81. The van der Waals surface area contributed by atoms with E-state index < -0.39 is 16.0 Å². The maximum Gasteiger partial charge on any atom is 0.339 e. The SMILES string of the molecule is N#C/C(=C/c1cccc(OS(=O)(=O)c2ccccc2)c1)C(=O)NCc1ccccc1. The van der Waals surface area contributed by atoms with Crippen LogP contribution in [-0.4, -0.2) is 14.3 Å². The molecule has 30 heavy (non-hydrogen) atoms. The fourth-order valence-electron chi connectivity index (χ4n) is 2.61. The third-order valence-electron chi connectivity index (χ3n) is 4.07. The lowest BCUT2D eigenvalue weighted by Crippen LogP contribution is -2.23. The van der Waals surface area contributed by atoms with E-state index >= 15 is 0 Å². The van der Waals surface area contributed by atoms with Crippen LogP contribution in [0.3, 0.4) is 0 Å². The number of nitriles is 1. The van der Waals surface area contributed by atoms with E-state index in [0.29, 0.717) is 5.56 Å². The molecule has 0 heterocycles. The van der Waals surface area contributed by atoms with Crippen LogP contribution in [0.15, 0.2) is 95.4 Å². The summed E-state index contributed by atoms with van der Waals surface area (Å²) in [6.07, 6.45) is 1.38. The number of hydrogen-bond acceptors (Lipinski definition) is 5. The molecule has 0 unspecified atom stereocenters. The first kappa shape index (κ1) is 20.8. The van der Waals surface area contributed by atoms with Gasteiger partial charge in [0.05, 0.1) is 0 Å². The number of nitrogens with one attached hydrogen (secondary N) is 1. The van der Waals surface area contributed by atoms with Gasteiger partial charge in [-0.1, -0.05) is 60.7 Å². The van der Waals surface area contributed by atoms with Crippen LogP contribution in [0, 0.1) is 11.3 Å². The fraction of sp³-hybridized carbons (Fsp3) is 0.0435. The van der Waals surface area contributed by atoms with Crippen LogP contribution in [-0.2, 0) is 21.5 Å². The van der Waals surface area contributed by atoms with E-state index in [1.807, 2.05) is 36.4 Å².